The van der Waals surface area contributed by atoms with Gasteiger partial charge in [0.1, 0.15) is 0 Å². The predicted octanol–water partition coefficient (Wildman–Crippen LogP) is 3.24. The fourth-order valence-corrected chi connectivity index (χ4v) is 2.99. The predicted molar refractivity (Wildman–Crippen MR) is 97.2 cm³/mol. The van der Waals surface area contributed by atoms with Gasteiger partial charge in [0.15, 0.2) is 11.5 Å². The van der Waals surface area contributed by atoms with Gasteiger partial charge in [-0.1, -0.05) is 25.3 Å². The van der Waals surface area contributed by atoms with Crippen molar-refractivity contribution in [2.45, 2.75) is 51.2 Å². The van der Waals surface area contributed by atoms with Crippen LogP contribution in [-0.4, -0.2) is 39.5 Å². The topological polar surface area (TPSA) is 68.8 Å². The minimum Gasteiger partial charge on any atom is -0.493 e. The number of nitrogens with one attached hydrogen (secondary N) is 2. The minimum atomic E-state index is -0.174. The highest BCUT2D eigenvalue weighted by molar-refractivity contribution is 5.73. The molecule has 0 aromatic heterocycles. The largest absolute Gasteiger partial charge is 0.493 e. The van der Waals surface area contributed by atoms with Gasteiger partial charge in [0.25, 0.3) is 0 Å². The van der Waals surface area contributed by atoms with Crippen molar-refractivity contribution in [3.63, 3.8) is 0 Å². The van der Waals surface area contributed by atoms with Gasteiger partial charge in [0.05, 0.1) is 20.3 Å². The first-order chi connectivity index (χ1) is 12.2. The molecule has 1 aliphatic carbocycles. The molecule has 1 saturated carbocycles. The average Bonchev–Trinajstić information content (AvgIpc) is 2.66. The smallest absolute Gasteiger partial charge is 0.315 e. The Morgan fingerprint density at radius 3 is 2.56 bits per heavy atom. The van der Waals surface area contributed by atoms with E-state index in [1.807, 2.05) is 18.2 Å². The standard InChI is InChI=1S/C19H30N2O4/c1-23-17-10-9-15(13-18(17)24-2)14-21-19(22)20-11-6-12-25-16-7-4-3-5-8-16/h9-10,13,16H,3-8,11-12,14H2,1-2H3,(H2,20,21,22). The number of benzene rings is 1. The Morgan fingerprint density at radius 1 is 1.08 bits per heavy atom. The van der Waals surface area contributed by atoms with Crippen molar-refractivity contribution in [1.29, 1.82) is 0 Å². The van der Waals surface area contributed by atoms with Crippen molar-refractivity contribution in [2.75, 3.05) is 27.4 Å². The fourth-order valence-electron chi connectivity index (χ4n) is 2.99. The molecule has 6 heteroatoms. The third-order valence-electron chi connectivity index (χ3n) is 4.41. The highest BCUT2D eigenvalue weighted by atomic mass is 16.5. The second kappa shape index (κ2) is 10.8. The van der Waals surface area contributed by atoms with Crippen LogP contribution in [0.3, 0.4) is 0 Å². The zero-order valence-corrected chi connectivity index (χ0v) is 15.3. The number of rotatable bonds is 9. The van der Waals surface area contributed by atoms with Crippen molar-refractivity contribution in [1.82, 2.24) is 10.6 Å². The summed E-state index contributed by atoms with van der Waals surface area (Å²) in [6.45, 7) is 1.76. The van der Waals surface area contributed by atoms with Gasteiger partial charge in [-0.2, -0.15) is 0 Å². The van der Waals surface area contributed by atoms with E-state index in [0.29, 0.717) is 37.3 Å². The van der Waals surface area contributed by atoms with Crippen molar-refractivity contribution >= 4 is 6.03 Å². The first kappa shape index (κ1) is 19.4. The van der Waals surface area contributed by atoms with E-state index in [-0.39, 0.29) is 6.03 Å². The number of carbonyl (C=O) groups is 1. The molecule has 2 N–H and O–H groups in total. The van der Waals surface area contributed by atoms with E-state index in [1.165, 1.54) is 32.1 Å². The summed E-state index contributed by atoms with van der Waals surface area (Å²) in [4.78, 5) is 11.8. The van der Waals surface area contributed by atoms with E-state index in [4.69, 9.17) is 14.2 Å². The van der Waals surface area contributed by atoms with Gasteiger partial charge >= 0.3 is 6.03 Å². The molecule has 1 aliphatic rings. The number of carbonyl (C=O) groups excluding carboxylic acids is 1. The lowest BCUT2D eigenvalue weighted by Gasteiger charge is -2.21. The van der Waals surface area contributed by atoms with Gasteiger partial charge < -0.3 is 24.8 Å². The Morgan fingerprint density at radius 2 is 1.84 bits per heavy atom. The van der Waals surface area contributed by atoms with Crippen molar-refractivity contribution in [3.05, 3.63) is 23.8 Å². The average molecular weight is 350 g/mol. The summed E-state index contributed by atoms with van der Waals surface area (Å²) < 4.78 is 16.3. The van der Waals surface area contributed by atoms with Crippen LogP contribution < -0.4 is 20.1 Å². The summed E-state index contributed by atoms with van der Waals surface area (Å²) >= 11 is 0. The molecule has 25 heavy (non-hydrogen) atoms. The molecule has 0 heterocycles. The molecule has 1 fully saturated rings. The number of ether oxygens (including phenoxy) is 3. The van der Waals surface area contributed by atoms with Crippen LogP contribution in [0, 0.1) is 0 Å². The van der Waals surface area contributed by atoms with Crippen LogP contribution >= 0.6 is 0 Å². The SMILES string of the molecule is COc1ccc(CNC(=O)NCCCOC2CCCCC2)cc1OC. The molecule has 0 saturated heterocycles. The second-order valence-corrected chi connectivity index (χ2v) is 6.28. The molecular formula is C19H30N2O4. The molecule has 0 aliphatic heterocycles. The maximum atomic E-state index is 11.8. The van der Waals surface area contributed by atoms with E-state index in [0.717, 1.165) is 12.0 Å². The molecule has 0 bridgehead atoms. The lowest BCUT2D eigenvalue weighted by atomic mass is 9.98. The number of hydrogen-bond donors (Lipinski definition) is 2. The molecule has 2 amide bonds. The van der Waals surface area contributed by atoms with Crippen LogP contribution in [0.25, 0.3) is 0 Å². The Bertz CT molecular complexity index is 530. The second-order valence-electron chi connectivity index (χ2n) is 6.28. The summed E-state index contributed by atoms with van der Waals surface area (Å²) in [5.41, 5.74) is 0.952. The van der Waals surface area contributed by atoms with Crippen LogP contribution in [-0.2, 0) is 11.3 Å². The summed E-state index contributed by atoms with van der Waals surface area (Å²) in [5, 5.41) is 5.70. The van der Waals surface area contributed by atoms with Gasteiger partial charge in [0.2, 0.25) is 0 Å². The summed E-state index contributed by atoms with van der Waals surface area (Å²) in [6, 6.07) is 5.42. The van der Waals surface area contributed by atoms with Crippen molar-refractivity contribution < 1.29 is 19.0 Å². The highest BCUT2D eigenvalue weighted by Gasteiger charge is 2.13. The van der Waals surface area contributed by atoms with Gasteiger partial charge in [-0.15, -0.1) is 0 Å². The summed E-state index contributed by atoms with van der Waals surface area (Å²) in [7, 11) is 3.19. The number of amides is 2. The molecule has 140 valence electrons. The van der Waals surface area contributed by atoms with Crippen LogP contribution in [0.4, 0.5) is 4.79 Å². The fraction of sp³-hybridized carbons (Fsp3) is 0.632. The molecule has 0 unspecified atom stereocenters. The molecule has 0 atom stereocenters. The van der Waals surface area contributed by atoms with E-state index in [2.05, 4.69) is 10.6 Å². The van der Waals surface area contributed by atoms with Crippen LogP contribution in [0.5, 0.6) is 11.5 Å². The first-order valence-corrected chi connectivity index (χ1v) is 9.07. The van der Waals surface area contributed by atoms with E-state index < -0.39 is 0 Å². The monoisotopic (exact) mass is 350 g/mol. The molecule has 6 nitrogen and oxygen atoms in total. The zero-order valence-electron chi connectivity index (χ0n) is 15.3. The Balaban J connectivity index is 1.59. The number of methoxy groups -OCH3 is 2. The minimum absolute atomic E-state index is 0.174. The maximum absolute atomic E-state index is 11.8. The van der Waals surface area contributed by atoms with Crippen LogP contribution in [0.15, 0.2) is 18.2 Å². The normalized spacial score (nSPS) is 14.8. The molecule has 0 spiro atoms. The maximum Gasteiger partial charge on any atom is 0.315 e. The third-order valence-corrected chi connectivity index (χ3v) is 4.41. The Hall–Kier alpha value is -1.95. The third kappa shape index (κ3) is 6.82. The van der Waals surface area contributed by atoms with Gasteiger partial charge in [-0.25, -0.2) is 4.79 Å². The van der Waals surface area contributed by atoms with E-state index in [9.17, 15) is 4.79 Å². The Labute approximate surface area is 150 Å². The highest BCUT2D eigenvalue weighted by Crippen LogP contribution is 2.27. The first-order valence-electron chi connectivity index (χ1n) is 9.07. The number of urea groups is 1. The quantitative estimate of drug-likeness (QED) is 0.671. The van der Waals surface area contributed by atoms with Crippen LogP contribution in [0.1, 0.15) is 44.1 Å². The van der Waals surface area contributed by atoms with Gasteiger partial charge in [-0.3, -0.25) is 0 Å². The van der Waals surface area contributed by atoms with E-state index in [1.54, 1.807) is 14.2 Å². The number of hydrogen-bond acceptors (Lipinski definition) is 4. The van der Waals surface area contributed by atoms with Gasteiger partial charge in [0, 0.05) is 19.7 Å². The van der Waals surface area contributed by atoms with E-state index >= 15 is 0 Å². The Kier molecular flexibility index (Phi) is 8.39. The molecule has 2 rings (SSSR count). The van der Waals surface area contributed by atoms with Gasteiger partial charge in [-0.05, 0) is 37.0 Å². The summed E-state index contributed by atoms with van der Waals surface area (Å²) in [5.74, 6) is 1.33. The lowest BCUT2D eigenvalue weighted by Crippen LogP contribution is -2.36. The molecule has 1 aromatic carbocycles. The zero-order chi connectivity index (χ0) is 17.9. The lowest BCUT2D eigenvalue weighted by molar-refractivity contribution is 0.0275. The van der Waals surface area contributed by atoms with Crippen molar-refractivity contribution in [2.24, 2.45) is 0 Å². The van der Waals surface area contributed by atoms with Crippen molar-refractivity contribution in [3.8, 4) is 11.5 Å². The molecule has 0 radical (unpaired) electrons. The molecular weight excluding hydrogens is 320 g/mol. The summed E-state index contributed by atoms with van der Waals surface area (Å²) in [6.07, 6.45) is 7.51. The molecule has 1 aromatic rings. The van der Waals surface area contributed by atoms with Crippen LogP contribution in [0.2, 0.25) is 0 Å².